The van der Waals surface area contributed by atoms with Gasteiger partial charge in [-0.3, -0.25) is 0 Å². The van der Waals surface area contributed by atoms with Crippen LogP contribution in [0.2, 0.25) is 0 Å². The van der Waals surface area contributed by atoms with E-state index in [2.05, 4.69) is 29.2 Å². The summed E-state index contributed by atoms with van der Waals surface area (Å²) in [6.45, 7) is 2.88. The third-order valence-electron chi connectivity index (χ3n) is 4.37. The van der Waals surface area contributed by atoms with Gasteiger partial charge in [0.15, 0.2) is 0 Å². The normalized spacial score (nSPS) is 14.6. The van der Waals surface area contributed by atoms with Crippen LogP contribution in [0.25, 0.3) is 0 Å². The van der Waals surface area contributed by atoms with Crippen molar-refractivity contribution in [2.45, 2.75) is 25.8 Å². The summed E-state index contributed by atoms with van der Waals surface area (Å²) in [4.78, 5) is 2.45. The number of benzene rings is 2. The summed E-state index contributed by atoms with van der Waals surface area (Å²) < 4.78 is 5.29. The minimum absolute atomic E-state index is 0.655. The van der Waals surface area contributed by atoms with Crippen molar-refractivity contribution in [2.24, 2.45) is 5.84 Å². The average Bonchev–Trinajstić information content (AvgIpc) is 2.62. The van der Waals surface area contributed by atoms with Crippen molar-refractivity contribution in [3.05, 3.63) is 54.1 Å². The van der Waals surface area contributed by atoms with Gasteiger partial charge in [0.25, 0.3) is 0 Å². The fourth-order valence-corrected chi connectivity index (χ4v) is 3.16. The largest absolute Gasteiger partial charge is 0.497 e. The molecule has 1 aliphatic heterocycles. The average molecular weight is 311 g/mol. The van der Waals surface area contributed by atoms with Gasteiger partial charge in [0.05, 0.1) is 25.0 Å². The van der Waals surface area contributed by atoms with E-state index in [4.69, 9.17) is 10.6 Å². The van der Waals surface area contributed by atoms with Gasteiger partial charge < -0.3 is 14.6 Å². The molecule has 2 N–H and O–H groups in total. The Labute approximate surface area is 138 Å². The monoisotopic (exact) mass is 311 g/mol. The van der Waals surface area contributed by atoms with Crippen molar-refractivity contribution in [2.75, 3.05) is 30.1 Å². The van der Waals surface area contributed by atoms with Crippen LogP contribution in [0.5, 0.6) is 5.75 Å². The van der Waals surface area contributed by atoms with Crippen LogP contribution in [-0.4, -0.2) is 20.2 Å². The van der Waals surface area contributed by atoms with Crippen molar-refractivity contribution < 1.29 is 4.74 Å². The molecule has 0 aromatic heterocycles. The Morgan fingerprint density at radius 1 is 1.04 bits per heavy atom. The highest BCUT2D eigenvalue weighted by atomic mass is 16.5. The molecule has 0 radical (unpaired) electrons. The van der Waals surface area contributed by atoms with Crippen LogP contribution in [0.4, 0.5) is 11.4 Å². The molecule has 0 bridgehead atoms. The van der Waals surface area contributed by atoms with Gasteiger partial charge in [-0.15, -0.1) is 0 Å². The van der Waals surface area contributed by atoms with Crippen molar-refractivity contribution in [1.29, 1.82) is 0 Å². The molecule has 3 rings (SSSR count). The topological polar surface area (TPSA) is 41.7 Å². The molecule has 1 aliphatic rings. The molecular weight excluding hydrogens is 286 g/mol. The lowest BCUT2D eigenvalue weighted by atomic mass is 10.1. The van der Waals surface area contributed by atoms with Gasteiger partial charge in [-0.05, 0) is 49.1 Å². The molecule has 0 unspecified atom stereocenters. The van der Waals surface area contributed by atoms with Gasteiger partial charge in [0.1, 0.15) is 5.75 Å². The van der Waals surface area contributed by atoms with Crippen LogP contribution in [0, 0.1) is 0 Å². The highest BCUT2D eigenvalue weighted by Gasteiger charge is 2.16. The number of hydrogen-bond donors (Lipinski definition) is 1. The zero-order chi connectivity index (χ0) is 16.1. The summed E-state index contributed by atoms with van der Waals surface area (Å²) in [5, 5.41) is 1.83. The number of hydrazine groups is 1. The molecule has 0 amide bonds. The van der Waals surface area contributed by atoms with Gasteiger partial charge in [-0.25, -0.2) is 5.84 Å². The van der Waals surface area contributed by atoms with Gasteiger partial charge in [-0.1, -0.05) is 24.3 Å². The van der Waals surface area contributed by atoms with Crippen LogP contribution < -0.4 is 20.5 Å². The van der Waals surface area contributed by atoms with Gasteiger partial charge in [0, 0.05) is 13.1 Å². The summed E-state index contributed by atoms with van der Waals surface area (Å²) in [5.74, 6) is 7.25. The number of anilines is 2. The summed E-state index contributed by atoms with van der Waals surface area (Å²) >= 11 is 0. The summed E-state index contributed by atoms with van der Waals surface area (Å²) in [6, 6.07) is 16.5. The van der Waals surface area contributed by atoms with Crippen LogP contribution in [-0.2, 0) is 6.54 Å². The Morgan fingerprint density at radius 2 is 1.83 bits per heavy atom. The van der Waals surface area contributed by atoms with Crippen molar-refractivity contribution in [1.82, 2.24) is 0 Å². The fraction of sp³-hybridized carbons (Fsp3) is 0.368. The maximum absolute atomic E-state index is 6.39. The SMILES string of the molecule is COc1cccc(CN(N)c2ccccc2N2CCCCC2)c1. The number of ether oxygens (including phenoxy) is 1. The molecule has 0 saturated carbocycles. The predicted molar refractivity (Wildman–Crippen MR) is 95.9 cm³/mol. The highest BCUT2D eigenvalue weighted by molar-refractivity contribution is 5.71. The zero-order valence-corrected chi connectivity index (χ0v) is 13.7. The molecule has 4 nitrogen and oxygen atoms in total. The van der Waals surface area contributed by atoms with E-state index in [0.717, 1.165) is 30.1 Å². The number of rotatable bonds is 5. The standard InChI is InChI=1S/C19H25N3O/c1-23-17-9-7-8-16(14-17)15-22(20)19-11-4-3-10-18(19)21-12-5-2-6-13-21/h3-4,7-11,14H,2,5-6,12-13,15,20H2,1H3. The molecule has 2 aromatic rings. The second-order valence-corrected chi connectivity index (χ2v) is 6.02. The number of para-hydroxylation sites is 2. The molecule has 1 heterocycles. The molecule has 4 heteroatoms. The Morgan fingerprint density at radius 3 is 2.61 bits per heavy atom. The van der Waals surface area contributed by atoms with Crippen LogP contribution in [0.3, 0.4) is 0 Å². The van der Waals surface area contributed by atoms with E-state index in [9.17, 15) is 0 Å². The molecule has 0 atom stereocenters. The number of hydrogen-bond acceptors (Lipinski definition) is 4. The first-order valence-electron chi connectivity index (χ1n) is 8.27. The number of nitrogens with zero attached hydrogens (tertiary/aromatic N) is 2. The lowest BCUT2D eigenvalue weighted by Gasteiger charge is -2.33. The minimum atomic E-state index is 0.655. The Balaban J connectivity index is 1.80. The number of methoxy groups -OCH3 is 1. The Bertz CT molecular complexity index is 638. The third kappa shape index (κ3) is 3.77. The Kier molecular flexibility index (Phi) is 5.03. The summed E-state index contributed by atoms with van der Waals surface area (Å²) in [6.07, 6.45) is 3.85. The quantitative estimate of drug-likeness (QED) is 0.677. The zero-order valence-electron chi connectivity index (χ0n) is 13.7. The van der Waals surface area contributed by atoms with E-state index < -0.39 is 0 Å². The molecule has 1 fully saturated rings. The van der Waals surface area contributed by atoms with Crippen molar-refractivity contribution in [3.8, 4) is 5.75 Å². The minimum Gasteiger partial charge on any atom is -0.497 e. The van der Waals surface area contributed by atoms with E-state index in [1.54, 1.807) is 7.11 Å². The lowest BCUT2D eigenvalue weighted by Crippen LogP contribution is -2.35. The molecule has 122 valence electrons. The molecule has 23 heavy (non-hydrogen) atoms. The van der Waals surface area contributed by atoms with Crippen LogP contribution in [0.15, 0.2) is 48.5 Å². The van der Waals surface area contributed by atoms with E-state index in [1.807, 2.05) is 29.3 Å². The highest BCUT2D eigenvalue weighted by Crippen LogP contribution is 2.30. The van der Waals surface area contributed by atoms with Crippen molar-refractivity contribution >= 4 is 11.4 Å². The maximum atomic E-state index is 6.39. The second-order valence-electron chi connectivity index (χ2n) is 6.02. The van der Waals surface area contributed by atoms with Gasteiger partial charge in [-0.2, -0.15) is 0 Å². The van der Waals surface area contributed by atoms with Gasteiger partial charge >= 0.3 is 0 Å². The first-order chi connectivity index (χ1) is 11.3. The van der Waals surface area contributed by atoms with E-state index >= 15 is 0 Å². The molecule has 0 aliphatic carbocycles. The molecule has 2 aromatic carbocycles. The van der Waals surface area contributed by atoms with Gasteiger partial charge in [0.2, 0.25) is 0 Å². The van der Waals surface area contributed by atoms with Crippen LogP contribution >= 0.6 is 0 Å². The summed E-state index contributed by atoms with van der Waals surface area (Å²) in [5.41, 5.74) is 3.45. The van der Waals surface area contributed by atoms with E-state index in [1.165, 1.54) is 24.9 Å². The molecular formula is C19H25N3O. The van der Waals surface area contributed by atoms with E-state index in [-0.39, 0.29) is 0 Å². The number of piperidine rings is 1. The van der Waals surface area contributed by atoms with E-state index in [0.29, 0.717) is 6.54 Å². The van der Waals surface area contributed by atoms with Crippen molar-refractivity contribution in [3.63, 3.8) is 0 Å². The molecule has 1 saturated heterocycles. The number of nitrogens with two attached hydrogens (primary N) is 1. The first-order valence-corrected chi connectivity index (χ1v) is 8.27. The smallest absolute Gasteiger partial charge is 0.119 e. The summed E-state index contributed by atoms with van der Waals surface area (Å²) in [7, 11) is 1.69. The lowest BCUT2D eigenvalue weighted by molar-refractivity contribution is 0.414. The first kappa shape index (κ1) is 15.7. The fourth-order valence-electron chi connectivity index (χ4n) is 3.16. The molecule has 0 spiro atoms. The Hall–Kier alpha value is -2.20. The van der Waals surface area contributed by atoms with Crippen LogP contribution in [0.1, 0.15) is 24.8 Å². The second kappa shape index (κ2) is 7.38. The maximum Gasteiger partial charge on any atom is 0.119 e. The third-order valence-corrected chi connectivity index (χ3v) is 4.37. The predicted octanol–water partition coefficient (Wildman–Crippen LogP) is 3.57.